The molecule has 2 N–H and O–H groups in total. The molecule has 0 fully saturated rings. The van der Waals surface area contributed by atoms with Gasteiger partial charge in [0.1, 0.15) is 0 Å². The zero-order valence-electron chi connectivity index (χ0n) is 11.8. The van der Waals surface area contributed by atoms with Gasteiger partial charge in [-0.2, -0.15) is 0 Å². The lowest BCUT2D eigenvalue weighted by molar-refractivity contribution is -0.109. The Kier molecular flexibility index (Phi) is 9.22. The van der Waals surface area contributed by atoms with E-state index in [1.807, 2.05) is 6.92 Å². The van der Waals surface area contributed by atoms with Gasteiger partial charge >= 0.3 is 7.82 Å². The summed E-state index contributed by atoms with van der Waals surface area (Å²) in [6.07, 6.45) is 1.49. The summed E-state index contributed by atoms with van der Waals surface area (Å²) in [5, 5.41) is 2.43. The average Bonchev–Trinajstić information content (AvgIpc) is 2.27. The quantitative estimate of drug-likeness (QED) is 0.322. The standard InChI is InChI=1S/C11H24NO6P/c1-4-16-9-6-11(2,3)18-19(14,15)17-8-5-7-12-10-13/h10H,4-9H2,1-3H3,(H,12,13)(H,14,15). The van der Waals surface area contributed by atoms with Crippen LogP contribution in [-0.2, 0) is 23.1 Å². The second-order valence-electron chi connectivity index (χ2n) is 4.53. The molecular weight excluding hydrogens is 273 g/mol. The first-order chi connectivity index (χ1) is 8.83. The molecule has 19 heavy (non-hydrogen) atoms. The minimum atomic E-state index is -4.08. The third-order valence-corrected chi connectivity index (χ3v) is 3.45. The summed E-state index contributed by atoms with van der Waals surface area (Å²) in [4.78, 5) is 19.5. The average molecular weight is 297 g/mol. The molecule has 0 saturated carbocycles. The Hall–Kier alpha value is -0.460. The Labute approximate surface area is 114 Å². The molecule has 0 radical (unpaired) electrons. The van der Waals surface area contributed by atoms with Gasteiger partial charge in [0.05, 0.1) is 12.2 Å². The van der Waals surface area contributed by atoms with E-state index in [-0.39, 0.29) is 6.61 Å². The van der Waals surface area contributed by atoms with Gasteiger partial charge in [0, 0.05) is 19.8 Å². The van der Waals surface area contributed by atoms with Crippen molar-refractivity contribution in [1.82, 2.24) is 5.32 Å². The highest BCUT2D eigenvalue weighted by atomic mass is 31.2. The summed E-state index contributed by atoms with van der Waals surface area (Å²) in [6, 6.07) is 0. The van der Waals surface area contributed by atoms with Gasteiger partial charge in [-0.3, -0.25) is 13.8 Å². The van der Waals surface area contributed by atoms with Crippen LogP contribution in [0, 0.1) is 0 Å². The van der Waals surface area contributed by atoms with Crippen molar-refractivity contribution < 1.29 is 28.0 Å². The molecule has 0 rings (SSSR count). The Morgan fingerprint density at radius 1 is 1.37 bits per heavy atom. The summed E-state index contributed by atoms with van der Waals surface area (Å²) in [6.45, 7) is 6.74. The number of hydrogen-bond acceptors (Lipinski definition) is 5. The first-order valence-electron chi connectivity index (χ1n) is 6.26. The van der Waals surface area contributed by atoms with Crippen LogP contribution in [0.25, 0.3) is 0 Å². The van der Waals surface area contributed by atoms with E-state index in [0.29, 0.717) is 39.0 Å². The Bertz CT molecular complexity index is 297. The summed E-state index contributed by atoms with van der Waals surface area (Å²) >= 11 is 0. The normalized spacial score (nSPS) is 14.9. The first-order valence-corrected chi connectivity index (χ1v) is 7.75. The van der Waals surface area contributed by atoms with Crippen molar-refractivity contribution >= 4 is 14.2 Å². The molecule has 0 bridgehead atoms. The lowest BCUT2D eigenvalue weighted by Gasteiger charge is -2.27. The number of hydrogen-bond donors (Lipinski definition) is 2. The molecule has 1 amide bonds. The maximum absolute atomic E-state index is 11.7. The van der Waals surface area contributed by atoms with Gasteiger partial charge in [-0.25, -0.2) is 4.57 Å². The number of phosphoric acid groups is 1. The van der Waals surface area contributed by atoms with Crippen LogP contribution >= 0.6 is 7.82 Å². The second-order valence-corrected chi connectivity index (χ2v) is 5.90. The van der Waals surface area contributed by atoms with Crippen LogP contribution in [0.1, 0.15) is 33.6 Å². The van der Waals surface area contributed by atoms with Gasteiger partial charge in [0.2, 0.25) is 6.41 Å². The van der Waals surface area contributed by atoms with Crippen molar-refractivity contribution in [3.63, 3.8) is 0 Å². The third-order valence-electron chi connectivity index (χ3n) is 2.22. The molecule has 1 unspecified atom stereocenters. The van der Waals surface area contributed by atoms with Gasteiger partial charge in [-0.05, 0) is 33.6 Å². The highest BCUT2D eigenvalue weighted by Gasteiger charge is 2.31. The molecule has 0 aromatic heterocycles. The lowest BCUT2D eigenvalue weighted by atomic mass is 10.1. The maximum atomic E-state index is 11.7. The molecule has 0 aliphatic heterocycles. The summed E-state index contributed by atoms with van der Waals surface area (Å²) in [5.41, 5.74) is -0.805. The topological polar surface area (TPSA) is 94.1 Å². The van der Waals surface area contributed by atoms with Crippen LogP contribution in [0.2, 0.25) is 0 Å². The zero-order valence-corrected chi connectivity index (χ0v) is 12.7. The van der Waals surface area contributed by atoms with Crippen molar-refractivity contribution in [2.75, 3.05) is 26.4 Å². The zero-order chi connectivity index (χ0) is 14.8. The van der Waals surface area contributed by atoms with Crippen LogP contribution in [0.4, 0.5) is 0 Å². The molecule has 0 heterocycles. The van der Waals surface area contributed by atoms with E-state index < -0.39 is 13.4 Å². The molecule has 0 aromatic carbocycles. The summed E-state index contributed by atoms with van der Waals surface area (Å²) in [7, 11) is -4.08. The maximum Gasteiger partial charge on any atom is 0.472 e. The Morgan fingerprint density at radius 3 is 2.63 bits per heavy atom. The van der Waals surface area contributed by atoms with Crippen LogP contribution in [0.15, 0.2) is 0 Å². The predicted molar refractivity (Wildman–Crippen MR) is 70.7 cm³/mol. The Morgan fingerprint density at radius 2 is 2.05 bits per heavy atom. The van der Waals surface area contributed by atoms with Crippen molar-refractivity contribution in [2.45, 2.75) is 39.2 Å². The van der Waals surface area contributed by atoms with Gasteiger partial charge in [0.25, 0.3) is 0 Å². The fourth-order valence-corrected chi connectivity index (χ4v) is 2.39. The van der Waals surface area contributed by atoms with E-state index in [4.69, 9.17) is 13.8 Å². The molecule has 0 spiro atoms. The molecule has 8 heteroatoms. The smallest absolute Gasteiger partial charge is 0.382 e. The fraction of sp³-hybridized carbons (Fsp3) is 0.909. The number of nitrogens with one attached hydrogen (secondary N) is 1. The third kappa shape index (κ3) is 11.1. The van der Waals surface area contributed by atoms with Crippen molar-refractivity contribution in [3.05, 3.63) is 0 Å². The molecule has 0 aliphatic carbocycles. The van der Waals surface area contributed by atoms with Crippen LogP contribution in [0.5, 0.6) is 0 Å². The molecule has 114 valence electrons. The van der Waals surface area contributed by atoms with Gasteiger partial charge in [-0.15, -0.1) is 0 Å². The van der Waals surface area contributed by atoms with E-state index in [0.717, 1.165) is 0 Å². The largest absolute Gasteiger partial charge is 0.472 e. The molecular formula is C11H24NO6P. The van der Waals surface area contributed by atoms with Gasteiger partial charge in [0.15, 0.2) is 0 Å². The molecule has 0 aliphatic rings. The van der Waals surface area contributed by atoms with E-state index in [9.17, 15) is 14.3 Å². The van der Waals surface area contributed by atoms with Crippen LogP contribution in [-0.4, -0.2) is 43.3 Å². The predicted octanol–water partition coefficient (Wildman–Crippen LogP) is 1.46. The van der Waals surface area contributed by atoms with E-state index in [1.165, 1.54) is 0 Å². The highest BCUT2D eigenvalue weighted by molar-refractivity contribution is 7.47. The number of carbonyl (C=O) groups excluding carboxylic acids is 1. The van der Waals surface area contributed by atoms with Crippen molar-refractivity contribution in [2.24, 2.45) is 0 Å². The molecule has 0 saturated heterocycles. The van der Waals surface area contributed by atoms with E-state index >= 15 is 0 Å². The van der Waals surface area contributed by atoms with E-state index in [1.54, 1.807) is 13.8 Å². The summed E-state index contributed by atoms with van der Waals surface area (Å²) in [5.74, 6) is 0. The first kappa shape index (κ1) is 18.5. The lowest BCUT2D eigenvalue weighted by Crippen LogP contribution is -2.25. The molecule has 0 aromatic rings. The number of amides is 1. The van der Waals surface area contributed by atoms with Crippen LogP contribution in [0.3, 0.4) is 0 Å². The SMILES string of the molecule is CCOCCC(C)(C)OP(=O)(O)OCCCNC=O. The van der Waals surface area contributed by atoms with E-state index in [2.05, 4.69) is 5.32 Å². The minimum Gasteiger partial charge on any atom is -0.382 e. The fourth-order valence-electron chi connectivity index (χ4n) is 1.26. The van der Waals surface area contributed by atoms with Gasteiger partial charge in [-0.1, -0.05) is 0 Å². The second kappa shape index (κ2) is 9.44. The number of ether oxygens (including phenoxy) is 1. The number of rotatable bonds is 12. The van der Waals surface area contributed by atoms with Crippen molar-refractivity contribution in [1.29, 1.82) is 0 Å². The van der Waals surface area contributed by atoms with Crippen LogP contribution < -0.4 is 5.32 Å². The summed E-state index contributed by atoms with van der Waals surface area (Å²) < 4.78 is 26.8. The monoisotopic (exact) mass is 297 g/mol. The van der Waals surface area contributed by atoms with Crippen molar-refractivity contribution in [3.8, 4) is 0 Å². The molecule has 7 nitrogen and oxygen atoms in total. The minimum absolute atomic E-state index is 0.0379. The van der Waals surface area contributed by atoms with Gasteiger partial charge < -0.3 is 14.9 Å². The Balaban J connectivity index is 3.97. The highest BCUT2D eigenvalue weighted by Crippen LogP contribution is 2.47. The number of phosphoric ester groups is 1. The number of carbonyl (C=O) groups is 1. The molecule has 1 atom stereocenters.